The summed E-state index contributed by atoms with van der Waals surface area (Å²) in [5.41, 5.74) is 6.96. The van der Waals surface area contributed by atoms with Crippen LogP contribution in [0.5, 0.6) is 0 Å². The number of rotatable bonds is 3. The molecule has 1 aromatic rings. The van der Waals surface area contributed by atoms with Gasteiger partial charge in [0.05, 0.1) is 4.92 Å². The van der Waals surface area contributed by atoms with Gasteiger partial charge in [0.25, 0.3) is 0 Å². The van der Waals surface area contributed by atoms with Crippen LogP contribution in [0.2, 0.25) is 0 Å². The first-order valence-electron chi connectivity index (χ1n) is 6.64. The molecule has 2 atom stereocenters. The van der Waals surface area contributed by atoms with Crippen LogP contribution < -0.4 is 10.6 Å². The molecule has 0 aromatic carbocycles. The third-order valence-corrected chi connectivity index (χ3v) is 3.80. The Morgan fingerprint density at radius 3 is 3.00 bits per heavy atom. The molecule has 2 heterocycles. The third kappa shape index (κ3) is 2.84. The van der Waals surface area contributed by atoms with Gasteiger partial charge in [-0.2, -0.15) is 0 Å². The van der Waals surface area contributed by atoms with E-state index in [4.69, 9.17) is 5.73 Å². The molecule has 1 aromatic heterocycles. The van der Waals surface area contributed by atoms with Crippen molar-refractivity contribution in [3.05, 3.63) is 27.9 Å². The van der Waals surface area contributed by atoms with Crippen molar-refractivity contribution in [1.82, 2.24) is 4.98 Å². The Kier molecular flexibility index (Phi) is 3.99. The number of piperidine rings is 1. The number of hydrogen-bond acceptors (Lipinski definition) is 5. The van der Waals surface area contributed by atoms with Crippen LogP contribution in [0, 0.1) is 23.0 Å². The van der Waals surface area contributed by atoms with Crippen LogP contribution in [0.25, 0.3) is 0 Å². The van der Waals surface area contributed by atoms with Crippen LogP contribution in [0.4, 0.5) is 11.5 Å². The van der Waals surface area contributed by atoms with Crippen molar-refractivity contribution in [2.75, 3.05) is 18.0 Å². The highest BCUT2D eigenvalue weighted by Gasteiger charge is 2.29. The van der Waals surface area contributed by atoms with Crippen molar-refractivity contribution in [3.63, 3.8) is 0 Å². The second kappa shape index (κ2) is 5.52. The summed E-state index contributed by atoms with van der Waals surface area (Å²) in [6.45, 7) is 5.39. The second-order valence-corrected chi connectivity index (χ2v) is 5.18. The van der Waals surface area contributed by atoms with Gasteiger partial charge < -0.3 is 10.6 Å². The summed E-state index contributed by atoms with van der Waals surface area (Å²) in [6, 6.07) is 1.77. The van der Waals surface area contributed by atoms with E-state index in [1.807, 2.05) is 11.8 Å². The van der Waals surface area contributed by atoms with Crippen LogP contribution in [0.1, 0.15) is 25.3 Å². The van der Waals surface area contributed by atoms with Gasteiger partial charge in [0.15, 0.2) is 0 Å². The van der Waals surface area contributed by atoms with Gasteiger partial charge >= 0.3 is 5.69 Å². The largest absolute Gasteiger partial charge is 0.350 e. The summed E-state index contributed by atoms with van der Waals surface area (Å²) in [7, 11) is 0. The van der Waals surface area contributed by atoms with Crippen LogP contribution >= 0.6 is 0 Å². The predicted octanol–water partition coefficient (Wildman–Crippen LogP) is 1.86. The van der Waals surface area contributed by atoms with Crippen molar-refractivity contribution >= 4 is 11.5 Å². The molecule has 0 saturated carbocycles. The van der Waals surface area contributed by atoms with Gasteiger partial charge in [-0.1, -0.05) is 13.3 Å². The first-order chi connectivity index (χ1) is 9.02. The van der Waals surface area contributed by atoms with Crippen LogP contribution in [-0.2, 0) is 0 Å². The fraction of sp³-hybridized carbons (Fsp3) is 0.615. The van der Waals surface area contributed by atoms with Gasteiger partial charge in [-0.25, -0.2) is 4.98 Å². The zero-order valence-electron chi connectivity index (χ0n) is 11.4. The smallest absolute Gasteiger partial charge is 0.311 e. The highest BCUT2D eigenvalue weighted by molar-refractivity contribution is 5.58. The Morgan fingerprint density at radius 1 is 1.63 bits per heavy atom. The summed E-state index contributed by atoms with van der Waals surface area (Å²) >= 11 is 0. The van der Waals surface area contributed by atoms with Crippen molar-refractivity contribution < 1.29 is 4.92 Å². The second-order valence-electron chi connectivity index (χ2n) is 5.18. The Balaban J connectivity index is 2.29. The molecule has 0 bridgehead atoms. The lowest BCUT2D eigenvalue weighted by Gasteiger charge is -2.36. The van der Waals surface area contributed by atoms with E-state index in [2.05, 4.69) is 11.9 Å². The number of aromatic nitrogens is 1. The van der Waals surface area contributed by atoms with E-state index in [1.54, 1.807) is 12.3 Å². The van der Waals surface area contributed by atoms with E-state index < -0.39 is 0 Å². The average molecular weight is 264 g/mol. The fourth-order valence-corrected chi connectivity index (χ4v) is 2.60. The molecule has 2 N–H and O–H groups in total. The molecule has 1 fully saturated rings. The lowest BCUT2D eigenvalue weighted by atomic mass is 9.90. The summed E-state index contributed by atoms with van der Waals surface area (Å²) in [5, 5.41) is 11.1. The molecule has 0 spiro atoms. The molecule has 0 aliphatic carbocycles. The highest BCUT2D eigenvalue weighted by Crippen LogP contribution is 2.30. The Hall–Kier alpha value is -1.69. The molecule has 0 radical (unpaired) electrons. The minimum absolute atomic E-state index is 0.0883. The standard InChI is InChI=1S/C13H20N4O2/c1-3-10-8-16(5-4-11(10)14)13-12(17(18)19)6-9(2)7-15-13/h6-7,10-11H,3-5,8,14H2,1-2H3. The molecule has 1 aliphatic heterocycles. The summed E-state index contributed by atoms with van der Waals surface area (Å²) in [5.74, 6) is 0.845. The van der Waals surface area contributed by atoms with Gasteiger partial charge in [-0.3, -0.25) is 10.1 Å². The molecular weight excluding hydrogens is 244 g/mol. The molecule has 0 amide bonds. The predicted molar refractivity (Wildman–Crippen MR) is 74.2 cm³/mol. The maximum atomic E-state index is 11.1. The molecule has 19 heavy (non-hydrogen) atoms. The van der Waals surface area contributed by atoms with Crippen LogP contribution in [0.3, 0.4) is 0 Å². The number of pyridine rings is 1. The Bertz CT molecular complexity index is 478. The van der Waals surface area contributed by atoms with E-state index in [0.29, 0.717) is 11.7 Å². The van der Waals surface area contributed by atoms with E-state index >= 15 is 0 Å². The molecule has 6 heteroatoms. The zero-order chi connectivity index (χ0) is 14.0. The summed E-state index contributed by atoms with van der Waals surface area (Å²) < 4.78 is 0. The summed E-state index contributed by atoms with van der Waals surface area (Å²) in [4.78, 5) is 17.0. The van der Waals surface area contributed by atoms with E-state index in [1.165, 1.54) is 0 Å². The number of anilines is 1. The Morgan fingerprint density at radius 2 is 2.37 bits per heavy atom. The number of nitrogens with two attached hydrogens (primary N) is 1. The molecule has 1 saturated heterocycles. The molecular formula is C13H20N4O2. The average Bonchev–Trinajstić information content (AvgIpc) is 2.39. The number of nitrogens with zero attached hydrogens (tertiary/aromatic N) is 3. The van der Waals surface area contributed by atoms with Crippen molar-refractivity contribution in [3.8, 4) is 0 Å². The van der Waals surface area contributed by atoms with E-state index in [9.17, 15) is 10.1 Å². The normalized spacial score (nSPS) is 23.4. The first kappa shape index (κ1) is 13.7. The van der Waals surface area contributed by atoms with Crippen molar-refractivity contribution in [2.24, 2.45) is 11.7 Å². The Labute approximate surface area is 112 Å². The lowest BCUT2D eigenvalue weighted by Crippen LogP contribution is -2.47. The molecule has 2 unspecified atom stereocenters. The summed E-state index contributed by atoms with van der Waals surface area (Å²) in [6.07, 6.45) is 3.51. The van der Waals surface area contributed by atoms with Gasteiger partial charge in [0.2, 0.25) is 5.82 Å². The lowest BCUT2D eigenvalue weighted by molar-refractivity contribution is -0.384. The van der Waals surface area contributed by atoms with Crippen molar-refractivity contribution in [2.45, 2.75) is 32.7 Å². The minimum atomic E-state index is -0.356. The fourth-order valence-electron chi connectivity index (χ4n) is 2.60. The van der Waals surface area contributed by atoms with Crippen LogP contribution in [-0.4, -0.2) is 29.0 Å². The topological polar surface area (TPSA) is 85.3 Å². The van der Waals surface area contributed by atoms with Gasteiger partial charge in [0, 0.05) is 31.4 Å². The van der Waals surface area contributed by atoms with Crippen LogP contribution in [0.15, 0.2) is 12.3 Å². The molecule has 104 valence electrons. The highest BCUT2D eigenvalue weighted by atomic mass is 16.6. The maximum Gasteiger partial charge on any atom is 0.311 e. The molecule has 1 aliphatic rings. The molecule has 2 rings (SSSR count). The number of nitro groups is 1. The maximum absolute atomic E-state index is 11.1. The zero-order valence-corrected chi connectivity index (χ0v) is 11.4. The monoisotopic (exact) mass is 264 g/mol. The molecule has 6 nitrogen and oxygen atoms in total. The number of hydrogen-bond donors (Lipinski definition) is 1. The third-order valence-electron chi connectivity index (χ3n) is 3.80. The van der Waals surface area contributed by atoms with Crippen molar-refractivity contribution in [1.29, 1.82) is 0 Å². The van der Waals surface area contributed by atoms with E-state index in [-0.39, 0.29) is 16.7 Å². The SMILES string of the molecule is CCC1CN(c2ncc(C)cc2[N+](=O)[O-])CCC1N. The van der Waals surface area contributed by atoms with Gasteiger partial charge in [-0.15, -0.1) is 0 Å². The number of aryl methyl sites for hydroxylation is 1. The minimum Gasteiger partial charge on any atom is -0.350 e. The van der Waals surface area contributed by atoms with E-state index in [0.717, 1.165) is 31.5 Å². The van der Waals surface area contributed by atoms with Gasteiger partial charge in [0.1, 0.15) is 0 Å². The quantitative estimate of drug-likeness (QED) is 0.665. The first-order valence-corrected chi connectivity index (χ1v) is 6.64. The van der Waals surface area contributed by atoms with Gasteiger partial charge in [-0.05, 0) is 24.8 Å².